The Labute approximate surface area is 80.0 Å². The Morgan fingerprint density at radius 3 is 1.17 bits per heavy atom. The molecular weight excluding hydrogens is 592 g/mol. The number of hydrogen-bond acceptors (Lipinski definition) is 3. The van der Waals surface area contributed by atoms with E-state index in [4.69, 9.17) is 8.60 Å². The molecule has 0 spiro atoms. The van der Waals surface area contributed by atoms with Crippen molar-refractivity contribution in [2.24, 2.45) is 0 Å². The van der Waals surface area contributed by atoms with E-state index in [2.05, 4.69) is 0 Å². The van der Waals surface area contributed by atoms with Crippen molar-refractivity contribution in [2.75, 3.05) is 0 Å². The van der Waals surface area contributed by atoms with Crippen LogP contribution >= 0.6 is 0 Å². The van der Waals surface area contributed by atoms with Crippen molar-refractivity contribution in [3.05, 3.63) is 0 Å². The van der Waals surface area contributed by atoms with Crippen LogP contribution in [-0.2, 0) is 8.60 Å². The van der Waals surface area contributed by atoms with E-state index in [9.17, 15) is 0 Å². The molecule has 0 aliphatic rings. The van der Waals surface area contributed by atoms with Gasteiger partial charge in [0.2, 0.25) is 0 Å². The third-order valence-corrected chi connectivity index (χ3v) is 0. The molecule has 0 aliphatic heterocycles. The van der Waals surface area contributed by atoms with Crippen molar-refractivity contribution < 1.29 is 8.60 Å². The van der Waals surface area contributed by atoms with Crippen molar-refractivity contribution in [3.63, 3.8) is 0 Å². The molecule has 3 nitrogen and oxygen atoms in total. The molecule has 0 amide bonds. The zero-order valence-corrected chi connectivity index (χ0v) is 12.7. The topological polar surface area (TPSA) is 51.2 Å². The summed E-state index contributed by atoms with van der Waals surface area (Å²) in [6, 6.07) is 0. The predicted molar refractivity (Wildman–Crippen MR) is 20.7 cm³/mol. The zero-order chi connectivity index (χ0) is 6.00. The van der Waals surface area contributed by atoms with Gasteiger partial charge in [-0.05, 0) is 0 Å². The van der Waals surface area contributed by atoms with Gasteiger partial charge >= 0.3 is 81.4 Å². The molecule has 6 heavy (non-hydrogen) atoms. The Morgan fingerprint density at radius 2 is 1.17 bits per heavy atom. The van der Waals surface area contributed by atoms with E-state index >= 15 is 0 Å². The van der Waals surface area contributed by atoms with Gasteiger partial charge in [0.05, 0.1) is 0 Å². The van der Waals surface area contributed by atoms with Crippen LogP contribution in [0.1, 0.15) is 0 Å². The van der Waals surface area contributed by atoms with Crippen LogP contribution in [0.25, 0.3) is 0 Å². The van der Waals surface area contributed by atoms with E-state index in [0.717, 1.165) is 0 Å². The fraction of sp³-hybridized carbons (Fsp3) is 0. The molecule has 34 valence electrons. The number of hydrogen-bond donors (Lipinski definition) is 0. The molecular formula is HBiO3PbTe. The van der Waals surface area contributed by atoms with Gasteiger partial charge in [0.25, 0.3) is 0 Å². The van der Waals surface area contributed by atoms with Crippen LogP contribution < -0.4 is 0 Å². The van der Waals surface area contributed by atoms with Crippen molar-refractivity contribution in [3.8, 4) is 0 Å². The summed E-state index contributed by atoms with van der Waals surface area (Å²) in [5, 5.41) is 0. The van der Waals surface area contributed by atoms with Gasteiger partial charge in [-0.1, -0.05) is 0 Å². The van der Waals surface area contributed by atoms with Gasteiger partial charge in [0.1, 0.15) is 0 Å². The minimum absolute atomic E-state index is 0.0556. The van der Waals surface area contributed by atoms with Gasteiger partial charge in [-0.15, -0.1) is 0 Å². The summed E-state index contributed by atoms with van der Waals surface area (Å²) in [6.07, 6.45) is 0. The summed E-state index contributed by atoms with van der Waals surface area (Å²) in [4.78, 5) is 0. The fourth-order valence-corrected chi connectivity index (χ4v) is 0. The van der Waals surface area contributed by atoms with Crippen LogP contribution in [0.2, 0.25) is 0 Å². The van der Waals surface area contributed by atoms with E-state index < -0.39 is 0 Å². The predicted octanol–water partition coefficient (Wildman–Crippen LogP) is -1.77. The quantitative estimate of drug-likeness (QED) is 0.313. The summed E-state index contributed by atoms with van der Waals surface area (Å²) in [7, 11) is 0. The van der Waals surface area contributed by atoms with E-state index in [1.54, 1.807) is 0 Å². The average molecular weight is 593 g/mol. The Balaban J connectivity index is -0.0000000225. The van der Waals surface area contributed by atoms with Crippen molar-refractivity contribution >= 4 is 72.8 Å². The Morgan fingerprint density at radius 1 is 1.17 bits per heavy atom. The fourth-order valence-electron chi connectivity index (χ4n) is 0. The molecule has 0 aromatic carbocycles. The van der Waals surface area contributed by atoms with Crippen LogP contribution in [0.5, 0.6) is 0 Å². The molecule has 0 aliphatic carbocycles. The van der Waals surface area contributed by atoms with Gasteiger partial charge in [0, 0.05) is 0 Å². The molecule has 0 saturated carbocycles. The summed E-state index contributed by atoms with van der Waals surface area (Å²) in [5.41, 5.74) is 0. The van der Waals surface area contributed by atoms with Crippen LogP contribution in [-0.4, -0.2) is 72.8 Å². The van der Waals surface area contributed by atoms with Crippen molar-refractivity contribution in [2.45, 2.75) is 0 Å². The summed E-state index contributed by atoms with van der Waals surface area (Å²) >= 11 is 0.811. The van der Waals surface area contributed by atoms with Crippen LogP contribution in [0.3, 0.4) is 0 Å². The molecule has 0 fully saturated rings. The summed E-state index contributed by atoms with van der Waals surface area (Å²) in [6.45, 7) is 0. The maximum absolute atomic E-state index is 8.39. The van der Waals surface area contributed by atoms with Crippen molar-refractivity contribution in [1.29, 1.82) is 0 Å². The maximum atomic E-state index is 8.39. The monoisotopic (exact) mass is 596 g/mol. The van der Waals surface area contributed by atoms with Gasteiger partial charge in [-0.3, -0.25) is 0 Å². The van der Waals surface area contributed by atoms with E-state index in [0.29, 0.717) is 22.3 Å². The molecule has 0 bridgehead atoms. The second-order valence-corrected chi connectivity index (χ2v) is 0. The van der Waals surface area contributed by atoms with Crippen LogP contribution in [0, 0.1) is 0 Å². The first-order valence-electron chi connectivity index (χ1n) is 0.575. The van der Waals surface area contributed by atoms with Gasteiger partial charge in [0.15, 0.2) is 0 Å². The minimum atomic E-state index is 0.0556. The standard InChI is InChI=1S/Bi.OTe.2O.Pb.H/c;1-2;;;;. The number of rotatable bonds is 0. The Bertz CT molecular complexity index is 15.5. The molecule has 0 heterocycles. The molecule has 0 saturated heterocycles. The normalized spacial score (nSPS) is 2.00. The molecule has 2 radical (unpaired) electrons. The second-order valence-electron chi connectivity index (χ2n) is 0. The van der Waals surface area contributed by atoms with Crippen molar-refractivity contribution in [1.82, 2.24) is 0 Å². The third kappa shape index (κ3) is 37.6. The Hall–Kier alpha value is 1.99. The van der Waals surface area contributed by atoms with Gasteiger partial charge in [-0.25, -0.2) is 0 Å². The molecule has 0 N–H and O–H groups in total. The molecule has 0 aromatic heterocycles. The van der Waals surface area contributed by atoms with E-state index in [1.807, 2.05) is 0 Å². The van der Waals surface area contributed by atoms with Gasteiger partial charge in [-0.2, -0.15) is 0 Å². The van der Waals surface area contributed by atoms with E-state index in [1.165, 1.54) is 0 Å². The van der Waals surface area contributed by atoms with E-state index in [-0.39, 0.29) is 50.5 Å². The molecule has 0 aromatic rings. The average Bonchev–Trinajstić information content (AvgIpc) is 1.81. The first kappa shape index (κ1) is 15.7. The van der Waals surface area contributed by atoms with Crippen LogP contribution in [0.15, 0.2) is 0 Å². The summed E-state index contributed by atoms with van der Waals surface area (Å²) in [5.74, 6) is 0. The van der Waals surface area contributed by atoms with Crippen LogP contribution in [0.4, 0.5) is 0 Å². The molecule has 0 atom stereocenters. The summed E-state index contributed by atoms with van der Waals surface area (Å²) < 4.78 is 25.0. The molecule has 0 rings (SSSR count). The molecule has 6 heteroatoms. The first-order chi connectivity index (χ1) is 3.00. The zero-order valence-electron chi connectivity index (χ0n) is 2.63. The first-order valence-corrected chi connectivity index (χ1v) is 4.70. The molecule has 0 unspecified atom stereocenters. The second kappa shape index (κ2) is 63.2. The SMILES string of the molecule is O=[Te].[O]=[BiH].[O]=[Pb]. The van der Waals surface area contributed by atoms with Gasteiger partial charge < -0.3 is 0 Å². The third-order valence-electron chi connectivity index (χ3n) is 0. The Kier molecular flexibility index (Phi) is 165.